The third-order valence-corrected chi connectivity index (χ3v) is 13.7. The van der Waals surface area contributed by atoms with Crippen molar-refractivity contribution in [3.05, 3.63) is 125 Å². The molecule has 6 heteroatoms. The molecule has 0 saturated carbocycles. The molecule has 8 aromatic rings. The van der Waals surface area contributed by atoms with Crippen molar-refractivity contribution in [1.82, 2.24) is 4.48 Å². The molecule has 292 valence electrons. The van der Waals surface area contributed by atoms with E-state index in [1.807, 2.05) is 6.07 Å². The first-order valence-corrected chi connectivity index (χ1v) is 21.6. The highest BCUT2D eigenvalue weighted by Crippen LogP contribution is 2.49. The number of aromatic nitrogens is 1. The van der Waals surface area contributed by atoms with Gasteiger partial charge in [0, 0.05) is 22.6 Å². The first-order chi connectivity index (χ1) is 27.3. The molecule has 0 unspecified atom stereocenters. The predicted molar refractivity (Wildman–Crippen MR) is 250 cm³/mol. The molecule has 0 amide bonds. The Kier molecular flexibility index (Phi) is 7.79. The lowest BCUT2D eigenvalue weighted by Crippen LogP contribution is -2.57. The molecule has 4 nitrogen and oxygen atoms in total. The second-order valence-corrected chi connectivity index (χ2v) is 21.8. The van der Waals surface area contributed by atoms with Gasteiger partial charge in [0.1, 0.15) is 21.4 Å². The van der Waals surface area contributed by atoms with E-state index in [0.717, 1.165) is 54.0 Å². The van der Waals surface area contributed by atoms with Crippen LogP contribution in [0.15, 0.2) is 112 Å². The molecule has 0 radical (unpaired) electrons. The van der Waals surface area contributed by atoms with Crippen molar-refractivity contribution in [1.29, 1.82) is 0 Å². The summed E-state index contributed by atoms with van der Waals surface area (Å²) < 4.78 is 18.8. The first kappa shape index (κ1) is 37.1. The van der Waals surface area contributed by atoms with Crippen LogP contribution in [0, 0.1) is 0 Å². The van der Waals surface area contributed by atoms with Crippen molar-refractivity contribution in [2.24, 2.45) is 0 Å². The zero-order valence-electron chi connectivity index (χ0n) is 36.0. The van der Waals surface area contributed by atoms with Crippen LogP contribution in [0.25, 0.3) is 53.9 Å². The summed E-state index contributed by atoms with van der Waals surface area (Å²) in [6.07, 6.45) is 0. The minimum absolute atomic E-state index is 0.0384. The maximum Gasteiger partial charge on any atom is 0.333 e. The number of benzene rings is 6. The Labute approximate surface area is 346 Å². The van der Waals surface area contributed by atoms with E-state index in [2.05, 4.69) is 190 Å². The fourth-order valence-electron chi connectivity index (χ4n) is 9.07. The summed E-state index contributed by atoms with van der Waals surface area (Å²) in [5.41, 5.74) is 19.2. The number of nitrogens with zero attached hydrogens (tertiary/aromatic N) is 2. The normalized spacial score (nSPS) is 14.1. The number of anilines is 3. The van der Waals surface area contributed by atoms with Crippen molar-refractivity contribution in [2.75, 3.05) is 4.90 Å². The maximum absolute atomic E-state index is 7.26. The zero-order chi connectivity index (χ0) is 40.8. The molecule has 10 rings (SSSR count). The van der Waals surface area contributed by atoms with E-state index in [1.165, 1.54) is 50.1 Å². The van der Waals surface area contributed by atoms with E-state index in [-0.39, 0.29) is 28.5 Å². The molecule has 6 aromatic carbocycles. The molecule has 0 spiro atoms. The summed E-state index contributed by atoms with van der Waals surface area (Å²) >= 11 is 1.75. The average Bonchev–Trinajstić information content (AvgIpc) is 3.16. The van der Waals surface area contributed by atoms with Gasteiger partial charge in [-0.3, -0.25) is 0 Å². The van der Waals surface area contributed by atoms with Gasteiger partial charge in [-0.2, -0.15) is 0 Å². The summed E-state index contributed by atoms with van der Waals surface area (Å²) in [4.78, 5) is 2.55. The lowest BCUT2D eigenvalue weighted by molar-refractivity contribution is 0.586. The van der Waals surface area contributed by atoms with Crippen molar-refractivity contribution >= 4 is 88.9 Å². The van der Waals surface area contributed by atoms with Gasteiger partial charge in [0.25, 0.3) is 0 Å². The number of hydrogen-bond donors (Lipinski definition) is 0. The Hall–Kier alpha value is -5.20. The molecule has 0 saturated heterocycles. The number of rotatable bonds is 1. The Morgan fingerprint density at radius 1 is 0.517 bits per heavy atom. The first-order valence-electron chi connectivity index (χ1n) is 20.8. The fourth-order valence-corrected chi connectivity index (χ4v) is 10.1. The van der Waals surface area contributed by atoms with Crippen molar-refractivity contribution in [3.8, 4) is 11.1 Å². The van der Waals surface area contributed by atoms with Crippen LogP contribution < -0.4 is 15.8 Å². The average molecular weight is 781 g/mol. The highest BCUT2D eigenvalue weighted by Gasteiger charge is 2.44. The molecule has 0 bridgehead atoms. The second kappa shape index (κ2) is 12.2. The van der Waals surface area contributed by atoms with Gasteiger partial charge in [-0.05, 0) is 115 Å². The van der Waals surface area contributed by atoms with E-state index >= 15 is 0 Å². The predicted octanol–water partition coefficient (Wildman–Crippen LogP) is 14.1. The SMILES string of the molecule is CC(C)(C)c1ccc(N2c3cc(C(C)(C)C)ccc3B3c4c(cc(C(C)(C)C)cc42)-c2cc4oc5ccccc5sc4c4oc5cc(C(C)(C)C)ccc5n3c24)cc1. The van der Waals surface area contributed by atoms with E-state index in [4.69, 9.17) is 8.83 Å². The lowest BCUT2D eigenvalue weighted by atomic mass is 9.44. The summed E-state index contributed by atoms with van der Waals surface area (Å²) in [5.74, 6) is 0. The minimum atomic E-state index is -0.112. The maximum atomic E-state index is 7.26. The van der Waals surface area contributed by atoms with Crippen LogP contribution in [0.4, 0.5) is 17.1 Å². The standard InChI is InChI=1S/C52H53BN2O2S/c1-49(2,3)30-17-21-34(22-18-30)54-39-26-31(50(4,5)6)19-23-37(39)53-45-35(25-33(27-40(45)54)52(10,11)12)36-29-43-48(58-44-16-14-13-15-41(44)56-43)47-46(36)55(53)38-24-20-32(51(7,8)9)28-42(38)57-47/h13-29H,1-12H3. The van der Waals surface area contributed by atoms with Gasteiger partial charge in [0.2, 0.25) is 0 Å². The van der Waals surface area contributed by atoms with Crippen molar-refractivity contribution in [2.45, 2.75) is 105 Å². The van der Waals surface area contributed by atoms with Crippen LogP contribution in [0.3, 0.4) is 0 Å². The molecule has 0 N–H and O–H groups in total. The van der Waals surface area contributed by atoms with Crippen LogP contribution >= 0.6 is 11.3 Å². The lowest BCUT2D eigenvalue weighted by Gasteiger charge is -2.43. The van der Waals surface area contributed by atoms with E-state index in [1.54, 1.807) is 11.3 Å². The summed E-state index contributed by atoms with van der Waals surface area (Å²) in [5, 5.41) is 0. The smallest absolute Gasteiger partial charge is 0.333 e. The van der Waals surface area contributed by atoms with Gasteiger partial charge in [0.15, 0.2) is 5.58 Å². The molecule has 58 heavy (non-hydrogen) atoms. The Balaban J connectivity index is 1.41. The third kappa shape index (κ3) is 5.62. The Bertz CT molecular complexity index is 3050. The highest BCUT2D eigenvalue weighted by molar-refractivity contribution is 7.25. The summed E-state index contributed by atoms with van der Waals surface area (Å²) in [6.45, 7) is 27.5. The van der Waals surface area contributed by atoms with Crippen LogP contribution in [-0.2, 0) is 21.7 Å². The second-order valence-electron chi connectivity index (χ2n) is 20.7. The number of fused-ring (bicyclic) bond motifs is 9. The summed E-state index contributed by atoms with van der Waals surface area (Å²) in [6, 6.07) is 39.0. The van der Waals surface area contributed by atoms with Crippen LogP contribution in [0.5, 0.6) is 0 Å². The third-order valence-electron chi connectivity index (χ3n) is 12.5. The van der Waals surface area contributed by atoms with Crippen molar-refractivity contribution in [3.63, 3.8) is 0 Å². The van der Waals surface area contributed by atoms with E-state index in [0.29, 0.717) is 0 Å². The highest BCUT2D eigenvalue weighted by atomic mass is 32.1. The number of para-hydroxylation sites is 1. The van der Waals surface area contributed by atoms with Crippen LogP contribution in [0.1, 0.15) is 105 Å². The zero-order valence-corrected chi connectivity index (χ0v) is 36.8. The minimum Gasteiger partial charge on any atom is -0.454 e. The molecule has 0 aliphatic carbocycles. The van der Waals surface area contributed by atoms with Crippen LogP contribution in [-0.4, -0.2) is 11.3 Å². The van der Waals surface area contributed by atoms with Crippen molar-refractivity contribution < 1.29 is 8.83 Å². The van der Waals surface area contributed by atoms with Gasteiger partial charge >= 0.3 is 6.85 Å². The van der Waals surface area contributed by atoms with Gasteiger partial charge in [-0.1, -0.05) is 132 Å². The topological polar surface area (TPSA) is 34.5 Å². The fraction of sp³-hybridized carbons (Fsp3) is 0.308. The number of hydrogen-bond acceptors (Lipinski definition) is 4. The largest absolute Gasteiger partial charge is 0.454 e. The molecule has 0 atom stereocenters. The molecular weight excluding hydrogens is 727 g/mol. The van der Waals surface area contributed by atoms with Gasteiger partial charge < -0.3 is 18.2 Å². The molecular formula is C52H53BN2O2S. The van der Waals surface area contributed by atoms with Crippen LogP contribution in [0.2, 0.25) is 0 Å². The Morgan fingerprint density at radius 3 is 1.83 bits per heavy atom. The van der Waals surface area contributed by atoms with E-state index in [9.17, 15) is 0 Å². The molecule has 2 aromatic heterocycles. The quantitative estimate of drug-likeness (QED) is 0.0945. The Morgan fingerprint density at radius 2 is 1.14 bits per heavy atom. The molecule has 2 aliphatic rings. The van der Waals surface area contributed by atoms with Gasteiger partial charge in [0.05, 0.1) is 15.7 Å². The summed E-state index contributed by atoms with van der Waals surface area (Å²) in [7, 11) is 0. The van der Waals surface area contributed by atoms with E-state index < -0.39 is 0 Å². The molecule has 2 aliphatic heterocycles. The molecule has 0 fully saturated rings. The van der Waals surface area contributed by atoms with Gasteiger partial charge in [-0.25, -0.2) is 0 Å². The van der Waals surface area contributed by atoms with Gasteiger partial charge in [-0.15, -0.1) is 11.3 Å². The monoisotopic (exact) mass is 780 g/mol. The molecule has 4 heterocycles.